The lowest BCUT2D eigenvalue weighted by atomic mass is 9.99. The predicted molar refractivity (Wildman–Crippen MR) is 91.6 cm³/mol. The zero-order valence-corrected chi connectivity index (χ0v) is 14.2. The smallest absolute Gasteiger partial charge is 0.412 e. The fourth-order valence-corrected chi connectivity index (χ4v) is 2.92. The minimum absolute atomic E-state index is 0.412. The van der Waals surface area contributed by atoms with Gasteiger partial charge in [-0.05, 0) is 70.7 Å². The molecule has 1 aromatic rings. The van der Waals surface area contributed by atoms with Gasteiger partial charge in [0.05, 0.1) is 0 Å². The first-order valence-corrected chi connectivity index (χ1v) is 8.26. The molecule has 1 unspecified atom stereocenters. The molecule has 0 spiro atoms. The van der Waals surface area contributed by atoms with Crippen molar-refractivity contribution >= 4 is 17.5 Å². The Kier molecular flexibility index (Phi) is 5.33. The highest BCUT2D eigenvalue weighted by atomic mass is 16.6. The van der Waals surface area contributed by atoms with E-state index in [4.69, 9.17) is 4.74 Å². The van der Waals surface area contributed by atoms with E-state index in [2.05, 4.69) is 29.3 Å². The highest BCUT2D eigenvalue weighted by molar-refractivity contribution is 5.85. The van der Waals surface area contributed by atoms with E-state index >= 15 is 0 Å². The van der Waals surface area contributed by atoms with Gasteiger partial charge in [0, 0.05) is 24.0 Å². The Bertz CT molecular complexity index is 491. The number of piperidine rings is 1. The number of benzene rings is 1. The Labute approximate surface area is 133 Å². The van der Waals surface area contributed by atoms with Crippen LogP contribution in [-0.2, 0) is 4.74 Å². The standard InChI is InChI=1S/C18H28N2O2/c1-5-15-8-6-7-13-20(15)16-11-9-14(10-12-16)19-17(21)22-18(2,3)4/h9-12,15H,5-8,13H2,1-4H3,(H,19,21). The molecule has 2 rings (SSSR count). The molecule has 0 saturated carbocycles. The Morgan fingerprint density at radius 3 is 2.55 bits per heavy atom. The number of rotatable bonds is 3. The van der Waals surface area contributed by atoms with E-state index in [0.29, 0.717) is 6.04 Å². The van der Waals surface area contributed by atoms with E-state index < -0.39 is 11.7 Å². The van der Waals surface area contributed by atoms with Crippen molar-refractivity contribution in [1.29, 1.82) is 0 Å². The van der Waals surface area contributed by atoms with Crippen molar-refractivity contribution in [2.24, 2.45) is 0 Å². The molecule has 0 aliphatic carbocycles. The summed E-state index contributed by atoms with van der Waals surface area (Å²) in [5, 5.41) is 2.77. The summed E-state index contributed by atoms with van der Waals surface area (Å²) in [4.78, 5) is 14.3. The third-order valence-corrected chi connectivity index (χ3v) is 3.94. The molecular weight excluding hydrogens is 276 g/mol. The van der Waals surface area contributed by atoms with Crippen LogP contribution < -0.4 is 10.2 Å². The summed E-state index contributed by atoms with van der Waals surface area (Å²) in [5.74, 6) is 0. The van der Waals surface area contributed by atoms with Crippen LogP contribution in [0.4, 0.5) is 16.2 Å². The third kappa shape index (κ3) is 4.65. The van der Waals surface area contributed by atoms with Gasteiger partial charge in [-0.3, -0.25) is 5.32 Å². The van der Waals surface area contributed by atoms with Crippen LogP contribution in [0.1, 0.15) is 53.4 Å². The molecule has 122 valence electrons. The molecule has 1 saturated heterocycles. The van der Waals surface area contributed by atoms with Crippen molar-refractivity contribution in [2.75, 3.05) is 16.8 Å². The molecule has 1 aliphatic heterocycles. The maximum Gasteiger partial charge on any atom is 0.412 e. The zero-order valence-electron chi connectivity index (χ0n) is 14.2. The Hall–Kier alpha value is -1.71. The fourth-order valence-electron chi connectivity index (χ4n) is 2.92. The molecular formula is C18H28N2O2. The SMILES string of the molecule is CCC1CCCCN1c1ccc(NC(=O)OC(C)(C)C)cc1. The molecule has 22 heavy (non-hydrogen) atoms. The van der Waals surface area contributed by atoms with E-state index in [1.54, 1.807) is 0 Å². The van der Waals surface area contributed by atoms with Gasteiger partial charge in [-0.2, -0.15) is 0 Å². The van der Waals surface area contributed by atoms with Crippen molar-refractivity contribution < 1.29 is 9.53 Å². The van der Waals surface area contributed by atoms with Crippen molar-refractivity contribution in [3.05, 3.63) is 24.3 Å². The molecule has 4 heteroatoms. The lowest BCUT2D eigenvalue weighted by Gasteiger charge is -2.37. The summed E-state index contributed by atoms with van der Waals surface area (Å²) < 4.78 is 5.26. The van der Waals surface area contributed by atoms with Crippen LogP contribution in [0, 0.1) is 0 Å². The van der Waals surface area contributed by atoms with Crippen LogP contribution in [0.15, 0.2) is 24.3 Å². The topological polar surface area (TPSA) is 41.6 Å². The van der Waals surface area contributed by atoms with Crippen LogP contribution in [0.3, 0.4) is 0 Å². The summed E-state index contributed by atoms with van der Waals surface area (Å²) in [5.41, 5.74) is 1.52. The number of nitrogens with zero attached hydrogens (tertiary/aromatic N) is 1. The van der Waals surface area contributed by atoms with Gasteiger partial charge < -0.3 is 9.64 Å². The number of amides is 1. The second kappa shape index (κ2) is 7.03. The molecule has 0 aromatic heterocycles. The molecule has 1 heterocycles. The van der Waals surface area contributed by atoms with Gasteiger partial charge in [0.2, 0.25) is 0 Å². The van der Waals surface area contributed by atoms with Crippen LogP contribution in [-0.4, -0.2) is 24.3 Å². The van der Waals surface area contributed by atoms with Gasteiger partial charge in [-0.25, -0.2) is 4.79 Å². The number of anilines is 2. The second-order valence-corrected chi connectivity index (χ2v) is 6.93. The number of nitrogens with one attached hydrogen (secondary N) is 1. The van der Waals surface area contributed by atoms with Gasteiger partial charge in [0.25, 0.3) is 0 Å². The van der Waals surface area contributed by atoms with Crippen LogP contribution in [0.5, 0.6) is 0 Å². The quantitative estimate of drug-likeness (QED) is 0.872. The third-order valence-electron chi connectivity index (χ3n) is 3.94. The summed E-state index contributed by atoms with van der Waals surface area (Å²) in [6.45, 7) is 8.95. The number of hydrogen-bond acceptors (Lipinski definition) is 3. The lowest BCUT2D eigenvalue weighted by Crippen LogP contribution is -2.39. The average Bonchev–Trinajstić information content (AvgIpc) is 2.46. The van der Waals surface area contributed by atoms with Crippen molar-refractivity contribution in [3.63, 3.8) is 0 Å². The minimum atomic E-state index is -0.480. The summed E-state index contributed by atoms with van der Waals surface area (Å²) in [6, 6.07) is 8.70. The van der Waals surface area contributed by atoms with Gasteiger partial charge in [-0.15, -0.1) is 0 Å². The van der Waals surface area contributed by atoms with Gasteiger partial charge in [-0.1, -0.05) is 6.92 Å². The highest BCUT2D eigenvalue weighted by Gasteiger charge is 2.21. The van der Waals surface area contributed by atoms with Crippen LogP contribution in [0.2, 0.25) is 0 Å². The zero-order chi connectivity index (χ0) is 16.2. The molecule has 1 atom stereocenters. The highest BCUT2D eigenvalue weighted by Crippen LogP contribution is 2.27. The molecule has 4 nitrogen and oxygen atoms in total. The van der Waals surface area contributed by atoms with Gasteiger partial charge in [0.15, 0.2) is 0 Å². The molecule has 1 amide bonds. The van der Waals surface area contributed by atoms with Crippen LogP contribution in [0.25, 0.3) is 0 Å². The van der Waals surface area contributed by atoms with Crippen molar-refractivity contribution in [2.45, 2.75) is 65.0 Å². The Balaban J connectivity index is 1.99. The number of carbonyl (C=O) groups is 1. The van der Waals surface area contributed by atoms with Crippen molar-refractivity contribution in [3.8, 4) is 0 Å². The molecule has 1 fully saturated rings. The van der Waals surface area contributed by atoms with Gasteiger partial charge in [0.1, 0.15) is 5.60 Å². The summed E-state index contributed by atoms with van der Waals surface area (Å²) in [6.07, 6.45) is 4.62. The monoisotopic (exact) mass is 304 g/mol. The predicted octanol–water partition coefficient (Wildman–Crippen LogP) is 4.80. The van der Waals surface area contributed by atoms with E-state index in [1.165, 1.54) is 31.4 Å². The summed E-state index contributed by atoms with van der Waals surface area (Å²) >= 11 is 0. The van der Waals surface area contributed by atoms with Gasteiger partial charge >= 0.3 is 6.09 Å². The average molecular weight is 304 g/mol. The number of carbonyl (C=O) groups excluding carboxylic acids is 1. The first-order valence-electron chi connectivity index (χ1n) is 8.26. The second-order valence-electron chi connectivity index (χ2n) is 6.93. The molecule has 1 aromatic carbocycles. The number of ether oxygens (including phenoxy) is 1. The molecule has 1 N–H and O–H groups in total. The first-order chi connectivity index (χ1) is 10.4. The van der Waals surface area contributed by atoms with Crippen molar-refractivity contribution in [1.82, 2.24) is 0 Å². The van der Waals surface area contributed by atoms with E-state index in [-0.39, 0.29) is 0 Å². The maximum atomic E-state index is 11.8. The maximum absolute atomic E-state index is 11.8. The molecule has 1 aliphatic rings. The Morgan fingerprint density at radius 1 is 1.27 bits per heavy atom. The molecule has 0 radical (unpaired) electrons. The van der Waals surface area contributed by atoms with E-state index in [9.17, 15) is 4.79 Å². The Morgan fingerprint density at radius 2 is 1.95 bits per heavy atom. The van der Waals surface area contributed by atoms with E-state index in [0.717, 1.165) is 12.2 Å². The van der Waals surface area contributed by atoms with E-state index in [1.807, 2.05) is 32.9 Å². The first kappa shape index (κ1) is 16.7. The molecule has 0 bridgehead atoms. The lowest BCUT2D eigenvalue weighted by molar-refractivity contribution is 0.0636. The fraction of sp³-hybridized carbons (Fsp3) is 0.611. The van der Waals surface area contributed by atoms with Crippen LogP contribution >= 0.6 is 0 Å². The summed E-state index contributed by atoms with van der Waals surface area (Å²) in [7, 11) is 0. The normalized spacial score (nSPS) is 18.9. The largest absolute Gasteiger partial charge is 0.444 e. The number of hydrogen-bond donors (Lipinski definition) is 1. The minimum Gasteiger partial charge on any atom is -0.444 e.